The maximum atomic E-state index is 12.2. The first-order valence-corrected chi connectivity index (χ1v) is 8.69. The Morgan fingerprint density at radius 3 is 2.81 bits per heavy atom. The molecule has 3 rings (SSSR count). The molecular weight excluding hydrogens is 302 g/mol. The molecular formula is C15H17N3OS2. The third-order valence-electron chi connectivity index (χ3n) is 3.33. The first-order chi connectivity index (χ1) is 10.1. The number of nitrogens with zero attached hydrogens (tertiary/aromatic N) is 2. The molecule has 21 heavy (non-hydrogen) atoms. The van der Waals surface area contributed by atoms with Crippen LogP contribution in [0.4, 0.5) is 5.13 Å². The van der Waals surface area contributed by atoms with Crippen molar-refractivity contribution in [3.05, 3.63) is 35.9 Å². The summed E-state index contributed by atoms with van der Waals surface area (Å²) in [4.78, 5) is 12.2. The molecule has 4 nitrogen and oxygen atoms in total. The van der Waals surface area contributed by atoms with E-state index in [1.165, 1.54) is 16.9 Å². The molecule has 1 aliphatic rings. The minimum absolute atomic E-state index is 0.0566. The molecule has 2 aromatic rings. The van der Waals surface area contributed by atoms with Crippen molar-refractivity contribution in [2.24, 2.45) is 5.92 Å². The van der Waals surface area contributed by atoms with E-state index in [1.54, 1.807) is 11.8 Å². The number of rotatable bonds is 5. The summed E-state index contributed by atoms with van der Waals surface area (Å²) in [6.45, 7) is 4.22. The van der Waals surface area contributed by atoms with Crippen molar-refractivity contribution in [3.8, 4) is 0 Å². The van der Waals surface area contributed by atoms with Gasteiger partial charge in [-0.3, -0.25) is 4.79 Å². The number of anilines is 1. The third kappa shape index (κ3) is 3.63. The number of hydrogen-bond acceptors (Lipinski definition) is 5. The van der Waals surface area contributed by atoms with Crippen LogP contribution in [0.3, 0.4) is 0 Å². The maximum Gasteiger partial charge on any atom is 0.229 e. The first kappa shape index (κ1) is 14.5. The summed E-state index contributed by atoms with van der Waals surface area (Å²) in [6, 6.07) is 10.2. The first-order valence-electron chi connectivity index (χ1n) is 6.99. The standard InChI is InChI=1S/C15H17N3OS2/c1-9(2)20-15-18-17-14(21-15)16-13(19)12-8-11(12)10-6-4-3-5-7-10/h3-7,9,11-12H,8H2,1-2H3,(H,16,17,19)/t11-,12+/m0/s1. The number of nitrogens with one attached hydrogen (secondary N) is 1. The molecule has 1 aromatic carbocycles. The summed E-state index contributed by atoms with van der Waals surface area (Å²) >= 11 is 3.10. The van der Waals surface area contributed by atoms with Gasteiger partial charge in [0.15, 0.2) is 4.34 Å². The predicted molar refractivity (Wildman–Crippen MR) is 86.8 cm³/mol. The number of aromatic nitrogens is 2. The lowest BCUT2D eigenvalue weighted by Gasteiger charge is -2.01. The minimum Gasteiger partial charge on any atom is -0.300 e. The highest BCUT2D eigenvalue weighted by molar-refractivity contribution is 8.01. The van der Waals surface area contributed by atoms with Gasteiger partial charge in [-0.05, 0) is 17.9 Å². The van der Waals surface area contributed by atoms with Crippen LogP contribution in [-0.2, 0) is 4.79 Å². The molecule has 2 atom stereocenters. The SMILES string of the molecule is CC(C)Sc1nnc(NC(=O)[C@@H]2C[C@H]2c2ccccc2)s1. The summed E-state index contributed by atoms with van der Waals surface area (Å²) in [5, 5.41) is 12.1. The third-order valence-corrected chi connectivity index (χ3v) is 5.25. The second-order valence-corrected chi connectivity index (χ2v) is 8.19. The Kier molecular flexibility index (Phi) is 4.26. The van der Waals surface area contributed by atoms with Crippen LogP contribution >= 0.6 is 23.1 Å². The fourth-order valence-corrected chi connectivity index (χ4v) is 4.24. The lowest BCUT2D eigenvalue weighted by atomic mass is 10.1. The van der Waals surface area contributed by atoms with Crippen LogP contribution in [0.25, 0.3) is 0 Å². The van der Waals surface area contributed by atoms with Crippen LogP contribution in [0.15, 0.2) is 34.7 Å². The fourth-order valence-electron chi connectivity index (χ4n) is 2.26. The van der Waals surface area contributed by atoms with E-state index in [-0.39, 0.29) is 11.8 Å². The predicted octanol–water partition coefficient (Wildman–Crippen LogP) is 3.78. The van der Waals surface area contributed by atoms with Crippen LogP contribution in [0.2, 0.25) is 0 Å². The molecule has 6 heteroatoms. The monoisotopic (exact) mass is 319 g/mol. The Labute approximate surface area is 132 Å². The smallest absolute Gasteiger partial charge is 0.229 e. The van der Waals surface area contributed by atoms with E-state index in [1.807, 2.05) is 18.2 Å². The normalized spacial score (nSPS) is 20.5. The fraction of sp³-hybridized carbons (Fsp3) is 0.400. The van der Waals surface area contributed by atoms with Crippen molar-refractivity contribution < 1.29 is 4.79 Å². The molecule has 1 N–H and O–H groups in total. The molecule has 0 spiro atoms. The quantitative estimate of drug-likeness (QED) is 0.673. The number of benzene rings is 1. The highest BCUT2D eigenvalue weighted by Gasteiger charge is 2.44. The van der Waals surface area contributed by atoms with E-state index in [9.17, 15) is 4.79 Å². The van der Waals surface area contributed by atoms with Crippen molar-refractivity contribution in [2.75, 3.05) is 5.32 Å². The van der Waals surface area contributed by atoms with Gasteiger partial charge in [0.25, 0.3) is 0 Å². The molecule has 0 bridgehead atoms. The van der Waals surface area contributed by atoms with Gasteiger partial charge >= 0.3 is 0 Å². The lowest BCUT2D eigenvalue weighted by molar-refractivity contribution is -0.117. The van der Waals surface area contributed by atoms with Crippen molar-refractivity contribution in [1.29, 1.82) is 0 Å². The Balaban J connectivity index is 1.57. The van der Waals surface area contributed by atoms with Gasteiger partial charge in [0, 0.05) is 11.2 Å². The van der Waals surface area contributed by atoms with Gasteiger partial charge < -0.3 is 5.32 Å². The van der Waals surface area contributed by atoms with E-state index in [2.05, 4.69) is 41.5 Å². The Morgan fingerprint density at radius 2 is 2.10 bits per heavy atom. The average Bonchev–Trinajstić information content (AvgIpc) is 3.16. The highest BCUT2D eigenvalue weighted by atomic mass is 32.2. The van der Waals surface area contributed by atoms with Crippen LogP contribution < -0.4 is 5.32 Å². The molecule has 1 saturated carbocycles. The van der Waals surface area contributed by atoms with E-state index in [0.29, 0.717) is 16.3 Å². The van der Waals surface area contributed by atoms with Crippen molar-refractivity contribution in [2.45, 2.75) is 35.8 Å². The molecule has 0 radical (unpaired) electrons. The van der Waals surface area contributed by atoms with E-state index in [0.717, 1.165) is 10.8 Å². The van der Waals surface area contributed by atoms with Crippen molar-refractivity contribution >= 4 is 34.1 Å². The molecule has 1 fully saturated rings. The second kappa shape index (κ2) is 6.15. The maximum absolute atomic E-state index is 12.2. The molecule has 0 unspecified atom stereocenters. The van der Waals surface area contributed by atoms with Gasteiger partial charge in [-0.2, -0.15) is 0 Å². The van der Waals surface area contributed by atoms with Crippen LogP contribution in [0.5, 0.6) is 0 Å². The van der Waals surface area contributed by atoms with E-state index < -0.39 is 0 Å². The summed E-state index contributed by atoms with van der Waals surface area (Å²) in [5.41, 5.74) is 1.24. The molecule has 1 heterocycles. The Hall–Kier alpha value is -1.40. The van der Waals surface area contributed by atoms with Gasteiger partial charge in [-0.1, -0.05) is 67.3 Å². The molecule has 110 valence electrons. The number of hydrogen-bond donors (Lipinski definition) is 1. The summed E-state index contributed by atoms with van der Waals surface area (Å²) in [6.07, 6.45) is 0.919. The van der Waals surface area contributed by atoms with Gasteiger partial charge in [0.1, 0.15) is 0 Å². The van der Waals surface area contributed by atoms with Gasteiger partial charge in [-0.25, -0.2) is 0 Å². The zero-order chi connectivity index (χ0) is 14.8. The van der Waals surface area contributed by atoms with E-state index in [4.69, 9.17) is 0 Å². The largest absolute Gasteiger partial charge is 0.300 e. The summed E-state index contributed by atoms with van der Waals surface area (Å²) in [7, 11) is 0. The average molecular weight is 319 g/mol. The van der Waals surface area contributed by atoms with E-state index >= 15 is 0 Å². The molecule has 0 saturated heterocycles. The summed E-state index contributed by atoms with van der Waals surface area (Å²) in [5.74, 6) is 0.474. The molecule has 1 amide bonds. The zero-order valence-electron chi connectivity index (χ0n) is 11.9. The molecule has 1 aliphatic carbocycles. The van der Waals surface area contributed by atoms with Gasteiger partial charge in [-0.15, -0.1) is 10.2 Å². The van der Waals surface area contributed by atoms with Crippen molar-refractivity contribution in [3.63, 3.8) is 0 Å². The Morgan fingerprint density at radius 1 is 1.33 bits per heavy atom. The zero-order valence-corrected chi connectivity index (χ0v) is 13.6. The van der Waals surface area contributed by atoms with Crippen LogP contribution in [-0.4, -0.2) is 21.4 Å². The van der Waals surface area contributed by atoms with Gasteiger partial charge in [0.05, 0.1) is 0 Å². The number of thioether (sulfide) groups is 1. The number of amides is 1. The topological polar surface area (TPSA) is 54.9 Å². The van der Waals surface area contributed by atoms with Crippen molar-refractivity contribution in [1.82, 2.24) is 10.2 Å². The molecule has 1 aromatic heterocycles. The minimum atomic E-state index is 0.0566. The second-order valence-electron chi connectivity index (χ2n) is 5.39. The van der Waals surface area contributed by atoms with Crippen LogP contribution in [0.1, 0.15) is 31.7 Å². The number of carbonyl (C=O) groups is 1. The highest BCUT2D eigenvalue weighted by Crippen LogP contribution is 2.48. The summed E-state index contributed by atoms with van der Waals surface area (Å²) < 4.78 is 0.899. The van der Waals surface area contributed by atoms with Crippen LogP contribution in [0, 0.1) is 5.92 Å². The van der Waals surface area contributed by atoms with Gasteiger partial charge in [0.2, 0.25) is 11.0 Å². The number of carbonyl (C=O) groups excluding carboxylic acids is 1. The molecule has 0 aliphatic heterocycles. The lowest BCUT2D eigenvalue weighted by Crippen LogP contribution is -2.14. The Bertz CT molecular complexity index is 627.